The number of hydrogen-bond acceptors (Lipinski definition) is 5. The minimum absolute atomic E-state index is 0.0656. The number of nitrogens with zero attached hydrogens (tertiary/aromatic N) is 2. The zero-order valence-corrected chi connectivity index (χ0v) is 13.0. The number of nitrogens with one attached hydrogen (secondary N) is 1. The molecule has 0 aromatic carbocycles. The van der Waals surface area contributed by atoms with Gasteiger partial charge in [0, 0.05) is 37.3 Å². The number of aliphatic hydroxyl groups is 2. The van der Waals surface area contributed by atoms with Crippen LogP contribution in [0.3, 0.4) is 0 Å². The van der Waals surface area contributed by atoms with Crippen molar-refractivity contribution < 1.29 is 14.9 Å². The van der Waals surface area contributed by atoms with E-state index in [2.05, 4.69) is 23.5 Å². The summed E-state index contributed by atoms with van der Waals surface area (Å²) in [5.74, 6) is -0.0656. The topological polar surface area (TPSA) is 79.5 Å². The van der Waals surface area contributed by atoms with E-state index in [0.29, 0.717) is 13.2 Å². The van der Waals surface area contributed by atoms with Gasteiger partial charge in [-0.3, -0.25) is 4.68 Å². The Hall–Kier alpha value is -0.950. The van der Waals surface area contributed by atoms with Crippen LogP contribution in [0.4, 0.5) is 0 Å². The molecule has 0 aliphatic carbocycles. The van der Waals surface area contributed by atoms with Gasteiger partial charge in [-0.25, -0.2) is 0 Å². The Labute approximate surface area is 126 Å². The average Bonchev–Trinajstić information content (AvgIpc) is 2.82. The van der Waals surface area contributed by atoms with Crippen LogP contribution in [0, 0.1) is 12.8 Å². The number of hydrogen-bond donors (Lipinski definition) is 3. The van der Waals surface area contributed by atoms with Gasteiger partial charge in [0.05, 0.1) is 25.0 Å². The third kappa shape index (κ3) is 4.51. The summed E-state index contributed by atoms with van der Waals surface area (Å²) < 4.78 is 7.27. The quantitative estimate of drug-likeness (QED) is 0.681. The average molecular weight is 297 g/mol. The first-order valence-corrected chi connectivity index (χ1v) is 7.79. The fourth-order valence-corrected chi connectivity index (χ4v) is 2.59. The second-order valence-corrected chi connectivity index (χ2v) is 5.84. The SMILES string of the molecule is CCCCn1cc(CNC[C@@H]2COC[C@@H](O)[C@H]2O)c(C)n1. The Kier molecular flexibility index (Phi) is 6.17. The van der Waals surface area contributed by atoms with Crippen LogP contribution >= 0.6 is 0 Å². The van der Waals surface area contributed by atoms with Crippen molar-refractivity contribution in [3.8, 4) is 0 Å². The molecule has 1 aromatic heterocycles. The van der Waals surface area contributed by atoms with Crippen molar-refractivity contribution in [2.75, 3.05) is 19.8 Å². The Bertz CT molecular complexity index is 436. The number of ether oxygens (including phenoxy) is 1. The first kappa shape index (κ1) is 16.4. The van der Waals surface area contributed by atoms with Gasteiger partial charge in [0.15, 0.2) is 0 Å². The van der Waals surface area contributed by atoms with Crippen molar-refractivity contribution in [3.05, 3.63) is 17.5 Å². The van der Waals surface area contributed by atoms with Crippen molar-refractivity contribution in [1.29, 1.82) is 0 Å². The summed E-state index contributed by atoms with van der Waals surface area (Å²) in [7, 11) is 0. The Balaban J connectivity index is 1.79. The van der Waals surface area contributed by atoms with E-state index in [4.69, 9.17) is 4.74 Å². The highest BCUT2D eigenvalue weighted by molar-refractivity contribution is 5.15. The van der Waals surface area contributed by atoms with Gasteiger partial charge in [0.25, 0.3) is 0 Å². The summed E-state index contributed by atoms with van der Waals surface area (Å²) in [6.45, 7) is 7.20. The molecule has 0 amide bonds. The lowest BCUT2D eigenvalue weighted by atomic mass is 9.96. The van der Waals surface area contributed by atoms with E-state index in [9.17, 15) is 10.2 Å². The monoisotopic (exact) mass is 297 g/mol. The Morgan fingerprint density at radius 1 is 1.43 bits per heavy atom. The fraction of sp³-hybridized carbons (Fsp3) is 0.800. The second kappa shape index (κ2) is 7.89. The lowest BCUT2D eigenvalue weighted by Crippen LogP contribution is -2.47. The predicted octanol–water partition coefficient (Wildman–Crippen LogP) is 0.449. The molecule has 1 aliphatic rings. The number of unbranched alkanes of at least 4 members (excludes halogenated alkanes) is 1. The minimum atomic E-state index is -0.774. The van der Waals surface area contributed by atoms with Gasteiger partial charge >= 0.3 is 0 Å². The summed E-state index contributed by atoms with van der Waals surface area (Å²) in [5, 5.41) is 27.3. The molecule has 21 heavy (non-hydrogen) atoms. The molecule has 1 aliphatic heterocycles. The molecule has 6 nitrogen and oxygen atoms in total. The van der Waals surface area contributed by atoms with Gasteiger partial charge in [0.1, 0.15) is 6.10 Å². The largest absolute Gasteiger partial charge is 0.390 e. The molecule has 1 saturated heterocycles. The molecule has 1 fully saturated rings. The molecule has 1 aromatic rings. The van der Waals surface area contributed by atoms with Gasteiger partial charge in [-0.05, 0) is 13.3 Å². The van der Waals surface area contributed by atoms with Crippen LogP contribution in [0.5, 0.6) is 0 Å². The summed E-state index contributed by atoms with van der Waals surface area (Å²) in [5.41, 5.74) is 2.22. The molecule has 0 unspecified atom stereocenters. The van der Waals surface area contributed by atoms with E-state index in [1.165, 1.54) is 5.56 Å². The zero-order chi connectivity index (χ0) is 15.2. The van der Waals surface area contributed by atoms with Crippen molar-refractivity contribution in [1.82, 2.24) is 15.1 Å². The predicted molar refractivity (Wildman–Crippen MR) is 79.9 cm³/mol. The molecule has 3 atom stereocenters. The first-order valence-electron chi connectivity index (χ1n) is 7.79. The first-order chi connectivity index (χ1) is 10.1. The molecule has 0 radical (unpaired) electrons. The number of aryl methyl sites for hydroxylation is 2. The number of rotatable bonds is 7. The van der Waals surface area contributed by atoms with Crippen LogP contribution in [0.2, 0.25) is 0 Å². The van der Waals surface area contributed by atoms with Crippen LogP contribution in [0.1, 0.15) is 31.0 Å². The van der Waals surface area contributed by atoms with Crippen LogP contribution in [-0.4, -0.2) is 52.0 Å². The van der Waals surface area contributed by atoms with Crippen LogP contribution in [-0.2, 0) is 17.8 Å². The molecule has 0 bridgehead atoms. The van der Waals surface area contributed by atoms with Gasteiger partial charge < -0.3 is 20.3 Å². The smallest absolute Gasteiger partial charge is 0.104 e. The molecule has 120 valence electrons. The standard InChI is InChI=1S/C15H27N3O3/c1-3-4-5-18-8-12(11(2)17-18)6-16-7-13-9-21-10-14(19)15(13)20/h8,13-16,19-20H,3-7,9-10H2,1-2H3/t13-,14-,15+/m1/s1. The summed E-state index contributed by atoms with van der Waals surface area (Å²) in [6, 6.07) is 0. The Morgan fingerprint density at radius 3 is 3.00 bits per heavy atom. The maximum atomic E-state index is 9.90. The van der Waals surface area contributed by atoms with Crippen molar-refractivity contribution in [2.24, 2.45) is 5.92 Å². The fourth-order valence-electron chi connectivity index (χ4n) is 2.59. The second-order valence-electron chi connectivity index (χ2n) is 5.84. The summed E-state index contributed by atoms with van der Waals surface area (Å²) in [6.07, 6.45) is 2.90. The van der Waals surface area contributed by atoms with Gasteiger partial charge in [-0.1, -0.05) is 13.3 Å². The normalized spacial score (nSPS) is 26.2. The highest BCUT2D eigenvalue weighted by Gasteiger charge is 2.30. The lowest BCUT2D eigenvalue weighted by molar-refractivity contribution is -0.119. The van der Waals surface area contributed by atoms with Crippen LogP contribution in [0.25, 0.3) is 0 Å². The molecular weight excluding hydrogens is 270 g/mol. The van der Waals surface area contributed by atoms with E-state index in [1.807, 2.05) is 11.6 Å². The van der Waals surface area contributed by atoms with E-state index < -0.39 is 12.2 Å². The van der Waals surface area contributed by atoms with Crippen molar-refractivity contribution in [3.63, 3.8) is 0 Å². The van der Waals surface area contributed by atoms with Gasteiger partial charge in [-0.2, -0.15) is 5.10 Å². The molecule has 2 heterocycles. The highest BCUT2D eigenvalue weighted by atomic mass is 16.5. The molecule has 2 rings (SSSR count). The van der Waals surface area contributed by atoms with Gasteiger partial charge in [0.2, 0.25) is 0 Å². The third-order valence-corrected chi connectivity index (χ3v) is 4.01. The van der Waals surface area contributed by atoms with Crippen molar-refractivity contribution >= 4 is 0 Å². The summed E-state index contributed by atoms with van der Waals surface area (Å²) >= 11 is 0. The minimum Gasteiger partial charge on any atom is -0.390 e. The molecule has 0 spiro atoms. The maximum absolute atomic E-state index is 9.90. The van der Waals surface area contributed by atoms with Crippen molar-refractivity contribution in [2.45, 2.75) is 52.0 Å². The number of aliphatic hydroxyl groups excluding tert-OH is 2. The molecular formula is C15H27N3O3. The Morgan fingerprint density at radius 2 is 2.24 bits per heavy atom. The molecule has 6 heteroatoms. The highest BCUT2D eigenvalue weighted by Crippen LogP contribution is 2.15. The molecule has 0 saturated carbocycles. The van der Waals surface area contributed by atoms with Crippen LogP contribution < -0.4 is 5.32 Å². The maximum Gasteiger partial charge on any atom is 0.104 e. The third-order valence-electron chi connectivity index (χ3n) is 4.01. The number of aromatic nitrogens is 2. The lowest BCUT2D eigenvalue weighted by Gasteiger charge is -2.31. The van der Waals surface area contributed by atoms with E-state index in [1.54, 1.807) is 0 Å². The van der Waals surface area contributed by atoms with Gasteiger partial charge in [-0.15, -0.1) is 0 Å². The summed E-state index contributed by atoms with van der Waals surface area (Å²) in [4.78, 5) is 0. The van der Waals surface area contributed by atoms with E-state index in [0.717, 1.165) is 31.6 Å². The van der Waals surface area contributed by atoms with E-state index in [-0.39, 0.29) is 12.5 Å². The zero-order valence-electron chi connectivity index (χ0n) is 13.0. The van der Waals surface area contributed by atoms with Crippen LogP contribution in [0.15, 0.2) is 6.20 Å². The molecule has 3 N–H and O–H groups in total. The van der Waals surface area contributed by atoms with E-state index >= 15 is 0 Å².